The number of nitrogens with one attached hydrogen (secondary N) is 2. The molecule has 0 bridgehead atoms. The van der Waals surface area contributed by atoms with Gasteiger partial charge in [0.2, 0.25) is 5.13 Å². The lowest BCUT2D eigenvalue weighted by molar-refractivity contribution is 0.102. The lowest BCUT2D eigenvalue weighted by atomic mass is 10.0. The third-order valence-corrected chi connectivity index (χ3v) is 4.32. The van der Waals surface area contributed by atoms with Gasteiger partial charge in [-0.05, 0) is 38.5 Å². The van der Waals surface area contributed by atoms with Crippen molar-refractivity contribution >= 4 is 28.2 Å². The van der Waals surface area contributed by atoms with Gasteiger partial charge in [0.05, 0.1) is 5.56 Å². The fourth-order valence-electron chi connectivity index (χ4n) is 2.58. The van der Waals surface area contributed by atoms with E-state index in [1.54, 1.807) is 23.8 Å². The van der Waals surface area contributed by atoms with Crippen molar-refractivity contribution in [3.63, 3.8) is 0 Å². The molecule has 0 spiro atoms. The van der Waals surface area contributed by atoms with Crippen LogP contribution in [0.2, 0.25) is 0 Å². The van der Waals surface area contributed by atoms with Crippen LogP contribution in [0.5, 0.6) is 0 Å². The number of pyridine rings is 1. The predicted octanol–water partition coefficient (Wildman–Crippen LogP) is 3.98. The molecule has 3 aromatic rings. The smallest absolute Gasteiger partial charge is 0.259 e. The molecule has 2 aromatic heterocycles. The number of carbonyl (C=O) groups excluding carboxylic acids is 1. The molecule has 1 unspecified atom stereocenters. The van der Waals surface area contributed by atoms with Gasteiger partial charge in [0.15, 0.2) is 0 Å². The lowest BCUT2D eigenvalue weighted by Gasteiger charge is -2.16. The number of hydrogen-bond acceptors (Lipinski definition) is 6. The second-order valence-corrected chi connectivity index (χ2v) is 6.75. The second-order valence-electron chi connectivity index (χ2n) is 5.92. The molecule has 2 N–H and O–H groups in total. The van der Waals surface area contributed by atoms with Crippen molar-refractivity contribution in [1.82, 2.24) is 15.2 Å². The number of aromatic nitrogens is 3. The third-order valence-electron chi connectivity index (χ3n) is 3.71. The van der Waals surface area contributed by atoms with Crippen LogP contribution in [0.4, 0.5) is 10.9 Å². The zero-order valence-corrected chi connectivity index (χ0v) is 15.1. The van der Waals surface area contributed by atoms with E-state index in [2.05, 4.69) is 64.8 Å². The van der Waals surface area contributed by atoms with Gasteiger partial charge in [-0.3, -0.25) is 10.1 Å². The highest BCUT2D eigenvalue weighted by Crippen LogP contribution is 2.21. The summed E-state index contributed by atoms with van der Waals surface area (Å²) in [4.78, 5) is 16.4. The first-order valence-corrected chi connectivity index (χ1v) is 8.77. The van der Waals surface area contributed by atoms with E-state index in [1.165, 1.54) is 28.0 Å². The van der Waals surface area contributed by atoms with Crippen LogP contribution in [0.15, 0.2) is 42.0 Å². The number of rotatable bonds is 5. The minimum absolute atomic E-state index is 0.118. The highest BCUT2D eigenvalue weighted by molar-refractivity contribution is 7.13. The Morgan fingerprint density at radius 1 is 1.16 bits per heavy atom. The van der Waals surface area contributed by atoms with E-state index in [9.17, 15) is 4.79 Å². The van der Waals surface area contributed by atoms with Gasteiger partial charge in [0.25, 0.3) is 5.91 Å². The molecule has 0 aliphatic heterocycles. The Morgan fingerprint density at radius 3 is 2.52 bits per heavy atom. The highest BCUT2D eigenvalue weighted by Gasteiger charge is 2.10. The molecule has 0 aliphatic carbocycles. The Bertz CT molecular complexity index is 841. The predicted molar refractivity (Wildman–Crippen MR) is 100 cm³/mol. The van der Waals surface area contributed by atoms with Crippen molar-refractivity contribution in [2.75, 3.05) is 10.6 Å². The van der Waals surface area contributed by atoms with Crippen LogP contribution in [0.25, 0.3) is 0 Å². The molecule has 7 heteroatoms. The monoisotopic (exact) mass is 353 g/mol. The van der Waals surface area contributed by atoms with Gasteiger partial charge < -0.3 is 5.32 Å². The van der Waals surface area contributed by atoms with Crippen molar-refractivity contribution in [1.29, 1.82) is 0 Å². The van der Waals surface area contributed by atoms with Crippen molar-refractivity contribution in [3.05, 3.63) is 64.3 Å². The molecule has 1 atom stereocenters. The molecule has 0 saturated carbocycles. The number of benzene rings is 1. The molecule has 2 heterocycles. The summed E-state index contributed by atoms with van der Waals surface area (Å²) in [6.07, 6.45) is 1.55. The first-order valence-electron chi connectivity index (χ1n) is 7.89. The molecule has 0 aliphatic rings. The molecule has 0 fully saturated rings. The first-order chi connectivity index (χ1) is 12.0. The summed E-state index contributed by atoms with van der Waals surface area (Å²) < 4.78 is 0. The van der Waals surface area contributed by atoms with Crippen molar-refractivity contribution in [2.45, 2.75) is 26.8 Å². The maximum Gasteiger partial charge on any atom is 0.259 e. The number of anilines is 2. The van der Waals surface area contributed by atoms with E-state index < -0.39 is 0 Å². The molecule has 0 saturated heterocycles. The third kappa shape index (κ3) is 4.39. The highest BCUT2D eigenvalue weighted by atomic mass is 32.1. The van der Waals surface area contributed by atoms with E-state index in [1.807, 2.05) is 0 Å². The van der Waals surface area contributed by atoms with Crippen molar-refractivity contribution in [2.24, 2.45) is 0 Å². The van der Waals surface area contributed by atoms with Crippen LogP contribution in [0.3, 0.4) is 0 Å². The summed E-state index contributed by atoms with van der Waals surface area (Å²) in [5.41, 5.74) is 5.72. The van der Waals surface area contributed by atoms with Gasteiger partial charge in [-0.15, -0.1) is 10.2 Å². The molecule has 1 aromatic carbocycles. The fourth-order valence-corrected chi connectivity index (χ4v) is 3.02. The summed E-state index contributed by atoms with van der Waals surface area (Å²) in [5.74, 6) is 0.470. The molecule has 6 nitrogen and oxygen atoms in total. The number of amides is 1. The van der Waals surface area contributed by atoms with E-state index in [-0.39, 0.29) is 11.9 Å². The minimum Gasteiger partial charge on any atom is -0.364 e. The number of aryl methyl sites for hydroxylation is 2. The first kappa shape index (κ1) is 17.0. The SMILES string of the molecule is Cc1cc(C)cc(C(C)Nc2ccc(C(=O)Nc3nncs3)cn2)c1. The van der Waals surface area contributed by atoms with Crippen molar-refractivity contribution in [3.8, 4) is 0 Å². The van der Waals surface area contributed by atoms with Gasteiger partial charge in [-0.2, -0.15) is 0 Å². The summed E-state index contributed by atoms with van der Waals surface area (Å²) >= 11 is 1.27. The largest absolute Gasteiger partial charge is 0.364 e. The zero-order chi connectivity index (χ0) is 17.8. The maximum absolute atomic E-state index is 12.1. The number of carbonyl (C=O) groups is 1. The van der Waals surface area contributed by atoms with Gasteiger partial charge in [-0.1, -0.05) is 40.7 Å². The van der Waals surface area contributed by atoms with Crippen LogP contribution >= 0.6 is 11.3 Å². The quantitative estimate of drug-likeness (QED) is 0.725. The molecule has 0 radical (unpaired) electrons. The van der Waals surface area contributed by atoms with E-state index in [4.69, 9.17) is 0 Å². The van der Waals surface area contributed by atoms with Gasteiger partial charge in [-0.25, -0.2) is 4.98 Å². The molecule has 25 heavy (non-hydrogen) atoms. The normalized spacial score (nSPS) is 11.8. The second kappa shape index (κ2) is 7.40. The van der Waals surface area contributed by atoms with Crippen LogP contribution in [0, 0.1) is 13.8 Å². The molecule has 3 rings (SSSR count). The number of nitrogens with zero attached hydrogens (tertiary/aromatic N) is 3. The van der Waals surface area contributed by atoms with Gasteiger partial charge in [0, 0.05) is 12.2 Å². The summed E-state index contributed by atoms with van der Waals surface area (Å²) in [7, 11) is 0. The minimum atomic E-state index is -0.252. The Kier molecular flexibility index (Phi) is 5.04. The zero-order valence-electron chi connectivity index (χ0n) is 14.3. The molecule has 1 amide bonds. The average molecular weight is 353 g/mol. The molecule has 128 valence electrons. The Hall–Kier alpha value is -2.80. The Balaban J connectivity index is 1.66. The summed E-state index contributed by atoms with van der Waals surface area (Å²) in [5, 5.41) is 14.0. The maximum atomic E-state index is 12.1. The summed E-state index contributed by atoms with van der Waals surface area (Å²) in [6, 6.07) is 10.1. The van der Waals surface area contributed by atoms with Gasteiger partial charge in [0.1, 0.15) is 11.3 Å². The van der Waals surface area contributed by atoms with Crippen LogP contribution in [-0.4, -0.2) is 21.1 Å². The molecular weight excluding hydrogens is 334 g/mol. The van der Waals surface area contributed by atoms with Gasteiger partial charge >= 0.3 is 0 Å². The lowest BCUT2D eigenvalue weighted by Crippen LogP contribution is -2.13. The van der Waals surface area contributed by atoms with E-state index >= 15 is 0 Å². The topological polar surface area (TPSA) is 79.8 Å². The van der Waals surface area contributed by atoms with E-state index in [0.29, 0.717) is 10.7 Å². The Morgan fingerprint density at radius 2 is 1.92 bits per heavy atom. The number of hydrogen-bond donors (Lipinski definition) is 2. The summed E-state index contributed by atoms with van der Waals surface area (Å²) in [6.45, 7) is 6.27. The fraction of sp³-hybridized carbons (Fsp3) is 0.222. The average Bonchev–Trinajstić information content (AvgIpc) is 3.07. The van der Waals surface area contributed by atoms with Crippen LogP contribution < -0.4 is 10.6 Å². The van der Waals surface area contributed by atoms with Crippen molar-refractivity contribution < 1.29 is 4.79 Å². The van der Waals surface area contributed by atoms with E-state index in [0.717, 1.165) is 5.82 Å². The Labute approximate surface area is 150 Å². The van der Waals surface area contributed by atoms with Crippen LogP contribution in [-0.2, 0) is 0 Å². The van der Waals surface area contributed by atoms with Crippen LogP contribution in [0.1, 0.15) is 40.0 Å². The molecular formula is C18H19N5OS. The standard InChI is InChI=1S/C18H19N5OS/c1-11-6-12(2)8-15(7-11)13(3)21-16-5-4-14(9-19-16)17(24)22-18-23-20-10-25-18/h4-10,13H,1-3H3,(H,19,21)(H,22,23,24).